The molecule has 8 nitrogen and oxygen atoms in total. The lowest BCUT2D eigenvalue weighted by molar-refractivity contribution is 0.0695. The minimum atomic E-state index is -1.57. The summed E-state index contributed by atoms with van der Waals surface area (Å²) < 4.78 is 5.98. The van der Waals surface area contributed by atoms with Crippen molar-refractivity contribution < 1.29 is 24.5 Å². The van der Waals surface area contributed by atoms with Crippen molar-refractivity contribution in [1.82, 2.24) is 4.98 Å². The summed E-state index contributed by atoms with van der Waals surface area (Å²) in [4.78, 5) is 37.3. The number of rotatable bonds is 5. The predicted octanol–water partition coefficient (Wildman–Crippen LogP) is 2.18. The highest BCUT2D eigenvalue weighted by Crippen LogP contribution is 2.37. The maximum atomic E-state index is 12.0. The van der Waals surface area contributed by atoms with Gasteiger partial charge in [-0.2, -0.15) is 0 Å². The third-order valence-electron chi connectivity index (χ3n) is 3.18. The van der Waals surface area contributed by atoms with Crippen LogP contribution < -0.4 is 16.0 Å². The number of pyridine rings is 1. The number of aromatic amines is 1. The number of ether oxygens (including phenoxy) is 1. The van der Waals surface area contributed by atoms with Crippen LogP contribution in [0.5, 0.6) is 5.75 Å². The fourth-order valence-electron chi connectivity index (χ4n) is 2.29. The lowest BCUT2D eigenvalue weighted by atomic mass is 9.94. The summed E-state index contributed by atoms with van der Waals surface area (Å²) in [6, 6.07) is 4.65. The number of hydrogen-bond acceptors (Lipinski definition) is 5. The number of H-pyrrole nitrogens is 1. The topological polar surface area (TPSA) is 143 Å². The molecule has 0 fully saturated rings. The van der Waals surface area contributed by atoms with E-state index in [0.717, 1.165) is 0 Å². The number of aromatic carboxylic acids is 2. The molecule has 0 bridgehead atoms. The molecule has 1 aromatic carbocycles. The Kier molecular flexibility index (Phi) is 4.93. The zero-order chi connectivity index (χ0) is 18.0. The van der Waals surface area contributed by atoms with E-state index in [1.165, 1.54) is 12.1 Å². The molecule has 0 amide bonds. The van der Waals surface area contributed by atoms with Crippen LogP contribution in [0, 0.1) is 0 Å². The van der Waals surface area contributed by atoms with Crippen molar-refractivity contribution in [3.05, 3.63) is 44.2 Å². The van der Waals surface area contributed by atoms with Crippen LogP contribution in [0.15, 0.2) is 27.5 Å². The van der Waals surface area contributed by atoms with Crippen LogP contribution in [0.3, 0.4) is 0 Å². The van der Waals surface area contributed by atoms with Gasteiger partial charge in [0, 0.05) is 15.6 Å². The van der Waals surface area contributed by atoms with Crippen molar-refractivity contribution in [2.75, 3.05) is 12.3 Å². The largest absolute Gasteiger partial charge is 0.493 e. The number of carbonyl (C=O) groups is 2. The van der Waals surface area contributed by atoms with E-state index in [1.54, 1.807) is 13.0 Å². The second-order valence-electron chi connectivity index (χ2n) is 4.68. The molecule has 0 spiro atoms. The second kappa shape index (κ2) is 6.75. The van der Waals surface area contributed by atoms with Crippen LogP contribution in [0.25, 0.3) is 11.1 Å². The fourth-order valence-corrected chi connectivity index (χ4v) is 2.66. The molecule has 0 saturated heterocycles. The summed E-state index contributed by atoms with van der Waals surface area (Å²) in [6.07, 6.45) is 0. The van der Waals surface area contributed by atoms with Gasteiger partial charge in [0.1, 0.15) is 22.7 Å². The molecule has 2 aromatic rings. The Bertz CT molecular complexity index is 890. The number of carboxylic acid groups (broad SMARTS) is 2. The summed E-state index contributed by atoms with van der Waals surface area (Å²) in [5, 5.41) is 18.8. The molecule has 0 saturated carbocycles. The van der Waals surface area contributed by atoms with E-state index in [9.17, 15) is 24.6 Å². The first-order valence-electron chi connectivity index (χ1n) is 6.73. The van der Waals surface area contributed by atoms with Gasteiger partial charge < -0.3 is 25.7 Å². The Labute approximate surface area is 144 Å². The SMILES string of the molecule is CCOc1ccc(Br)cc1-c1c(C(=O)O)c(N)[nH]c(=O)c1C(=O)O. The number of nitrogens with one attached hydrogen (secondary N) is 1. The number of aromatic nitrogens is 1. The summed E-state index contributed by atoms with van der Waals surface area (Å²) in [7, 11) is 0. The van der Waals surface area contributed by atoms with Crippen LogP contribution in [-0.4, -0.2) is 33.7 Å². The maximum absolute atomic E-state index is 12.0. The quantitative estimate of drug-likeness (QED) is 0.606. The standard InChI is InChI=1S/C15H13BrN2O6/c1-2-24-8-4-3-6(16)5-7(8)9-10(14(20)21)12(17)18-13(19)11(9)15(22)23/h3-5H,2H2,1H3,(H,20,21)(H,22,23)(H3,17,18,19). The van der Waals surface area contributed by atoms with Crippen molar-refractivity contribution in [2.24, 2.45) is 0 Å². The Morgan fingerprint density at radius 2 is 1.88 bits per heavy atom. The van der Waals surface area contributed by atoms with Crippen LogP contribution in [0.1, 0.15) is 27.6 Å². The minimum absolute atomic E-state index is 0.138. The van der Waals surface area contributed by atoms with E-state index in [-0.39, 0.29) is 23.5 Å². The highest BCUT2D eigenvalue weighted by Gasteiger charge is 2.28. The highest BCUT2D eigenvalue weighted by molar-refractivity contribution is 9.10. The molecule has 0 atom stereocenters. The number of halogens is 1. The Morgan fingerprint density at radius 1 is 1.25 bits per heavy atom. The van der Waals surface area contributed by atoms with E-state index < -0.39 is 34.4 Å². The molecule has 126 valence electrons. The Balaban J connectivity index is 3.02. The molecule has 0 unspecified atom stereocenters. The molecule has 1 aromatic heterocycles. The van der Waals surface area contributed by atoms with Gasteiger partial charge in [0.25, 0.3) is 5.56 Å². The number of carboxylic acids is 2. The number of hydrogen-bond donors (Lipinski definition) is 4. The lowest BCUT2D eigenvalue weighted by Gasteiger charge is -2.16. The smallest absolute Gasteiger partial charge is 0.342 e. The molecular formula is C15H13BrN2O6. The van der Waals surface area contributed by atoms with Gasteiger partial charge >= 0.3 is 11.9 Å². The van der Waals surface area contributed by atoms with Crippen molar-refractivity contribution >= 4 is 33.7 Å². The van der Waals surface area contributed by atoms with Gasteiger partial charge in [0.2, 0.25) is 0 Å². The first kappa shape index (κ1) is 17.5. The zero-order valence-corrected chi connectivity index (χ0v) is 14.0. The minimum Gasteiger partial charge on any atom is -0.493 e. The molecule has 0 aliphatic rings. The lowest BCUT2D eigenvalue weighted by Crippen LogP contribution is -2.24. The zero-order valence-electron chi connectivity index (χ0n) is 12.4. The first-order chi connectivity index (χ1) is 11.3. The third kappa shape index (κ3) is 3.11. The number of anilines is 1. The van der Waals surface area contributed by atoms with E-state index >= 15 is 0 Å². The van der Waals surface area contributed by atoms with Gasteiger partial charge in [-0.25, -0.2) is 9.59 Å². The van der Waals surface area contributed by atoms with Crippen LogP contribution in [-0.2, 0) is 0 Å². The third-order valence-corrected chi connectivity index (χ3v) is 3.68. The van der Waals surface area contributed by atoms with Crippen LogP contribution >= 0.6 is 15.9 Å². The number of nitrogens with two attached hydrogens (primary N) is 1. The molecular weight excluding hydrogens is 384 g/mol. The molecule has 5 N–H and O–H groups in total. The van der Waals surface area contributed by atoms with E-state index in [2.05, 4.69) is 20.9 Å². The molecule has 24 heavy (non-hydrogen) atoms. The fraction of sp³-hybridized carbons (Fsp3) is 0.133. The summed E-state index contributed by atoms with van der Waals surface area (Å²) in [5.74, 6) is -3.24. The maximum Gasteiger partial charge on any atom is 0.342 e. The second-order valence-corrected chi connectivity index (χ2v) is 5.59. The summed E-state index contributed by atoms with van der Waals surface area (Å²) in [5.41, 5.74) is 3.22. The van der Waals surface area contributed by atoms with E-state index in [1.807, 2.05) is 0 Å². The Hall–Kier alpha value is -2.81. The number of benzene rings is 1. The highest BCUT2D eigenvalue weighted by atomic mass is 79.9. The average molecular weight is 397 g/mol. The van der Waals surface area contributed by atoms with Crippen molar-refractivity contribution in [1.29, 1.82) is 0 Å². The van der Waals surface area contributed by atoms with Crippen molar-refractivity contribution in [3.8, 4) is 16.9 Å². The van der Waals surface area contributed by atoms with Gasteiger partial charge in [-0.1, -0.05) is 15.9 Å². The summed E-state index contributed by atoms with van der Waals surface area (Å²) in [6.45, 7) is 1.98. The van der Waals surface area contributed by atoms with Crippen molar-refractivity contribution in [3.63, 3.8) is 0 Å². The van der Waals surface area contributed by atoms with Gasteiger partial charge in [0.15, 0.2) is 0 Å². The van der Waals surface area contributed by atoms with Gasteiger partial charge in [0.05, 0.1) is 6.61 Å². The van der Waals surface area contributed by atoms with Crippen molar-refractivity contribution in [2.45, 2.75) is 6.92 Å². The monoisotopic (exact) mass is 396 g/mol. The molecule has 0 aliphatic heterocycles. The molecule has 0 aliphatic carbocycles. The summed E-state index contributed by atoms with van der Waals surface area (Å²) >= 11 is 3.24. The van der Waals surface area contributed by atoms with Gasteiger partial charge in [-0.05, 0) is 25.1 Å². The molecule has 9 heteroatoms. The van der Waals surface area contributed by atoms with E-state index in [4.69, 9.17) is 10.5 Å². The molecule has 0 radical (unpaired) electrons. The first-order valence-corrected chi connectivity index (χ1v) is 7.52. The van der Waals surface area contributed by atoms with Gasteiger partial charge in [-0.15, -0.1) is 0 Å². The number of nitrogen functional groups attached to an aromatic ring is 1. The predicted molar refractivity (Wildman–Crippen MR) is 89.7 cm³/mol. The average Bonchev–Trinajstić information content (AvgIpc) is 2.47. The van der Waals surface area contributed by atoms with Crippen LogP contribution in [0.2, 0.25) is 0 Å². The normalized spacial score (nSPS) is 10.4. The molecule has 1 heterocycles. The van der Waals surface area contributed by atoms with E-state index in [0.29, 0.717) is 4.47 Å². The van der Waals surface area contributed by atoms with Gasteiger partial charge in [-0.3, -0.25) is 4.79 Å². The Morgan fingerprint density at radius 3 is 2.42 bits per heavy atom. The van der Waals surface area contributed by atoms with Crippen LogP contribution in [0.4, 0.5) is 5.82 Å². The molecule has 2 rings (SSSR count).